The predicted molar refractivity (Wildman–Crippen MR) is 131 cm³/mol. The maximum absolute atomic E-state index is 13.3. The van der Waals surface area contributed by atoms with Crippen molar-refractivity contribution >= 4 is 33.3 Å². The van der Waals surface area contributed by atoms with E-state index in [2.05, 4.69) is 80.9 Å². The summed E-state index contributed by atoms with van der Waals surface area (Å²) < 4.78 is 2.10. The van der Waals surface area contributed by atoms with Crippen molar-refractivity contribution in [2.75, 3.05) is 5.32 Å². The number of benzene rings is 2. The van der Waals surface area contributed by atoms with Crippen LogP contribution in [0.5, 0.6) is 0 Å². The number of nitrogens with one attached hydrogen (secondary N) is 1. The fourth-order valence-electron chi connectivity index (χ4n) is 4.17. The van der Waals surface area contributed by atoms with E-state index in [1.807, 2.05) is 6.92 Å². The number of aryl methyl sites for hydroxylation is 6. The average molecular weight is 432 g/mol. The number of amides is 1. The molecule has 2 aromatic heterocycles. The third-order valence-corrected chi connectivity index (χ3v) is 7.00. The van der Waals surface area contributed by atoms with Gasteiger partial charge in [0.25, 0.3) is 5.91 Å². The Labute approximate surface area is 188 Å². The highest BCUT2D eigenvalue weighted by Gasteiger charge is 2.21. The molecular weight excluding hydrogens is 402 g/mol. The first kappa shape index (κ1) is 21.3. The molecular formula is C26H29N3OS. The van der Waals surface area contributed by atoms with E-state index in [1.165, 1.54) is 28.0 Å². The zero-order chi connectivity index (χ0) is 22.3. The Kier molecular flexibility index (Phi) is 5.71. The topological polar surface area (TPSA) is 46.9 Å². The van der Waals surface area contributed by atoms with Gasteiger partial charge < -0.3 is 4.57 Å². The van der Waals surface area contributed by atoms with Gasteiger partial charge in [0.15, 0.2) is 5.13 Å². The fourth-order valence-corrected chi connectivity index (χ4v) is 5.00. The van der Waals surface area contributed by atoms with Crippen LogP contribution in [0.2, 0.25) is 0 Å². The van der Waals surface area contributed by atoms with Crippen molar-refractivity contribution in [1.29, 1.82) is 0 Å². The Morgan fingerprint density at radius 2 is 1.81 bits per heavy atom. The van der Waals surface area contributed by atoms with Crippen molar-refractivity contribution in [3.63, 3.8) is 0 Å². The molecule has 0 unspecified atom stereocenters. The van der Waals surface area contributed by atoms with Gasteiger partial charge in [-0.2, -0.15) is 0 Å². The van der Waals surface area contributed by atoms with Gasteiger partial charge in [0.2, 0.25) is 0 Å². The van der Waals surface area contributed by atoms with Crippen LogP contribution in [-0.2, 0) is 13.0 Å². The van der Waals surface area contributed by atoms with Crippen LogP contribution in [0.4, 0.5) is 5.13 Å². The molecule has 1 N–H and O–H groups in total. The van der Waals surface area contributed by atoms with Crippen LogP contribution in [0, 0.1) is 27.7 Å². The monoisotopic (exact) mass is 431 g/mol. The number of nitrogens with zero attached hydrogens (tertiary/aromatic N) is 2. The van der Waals surface area contributed by atoms with E-state index in [4.69, 9.17) is 4.98 Å². The molecule has 0 aliphatic heterocycles. The first-order chi connectivity index (χ1) is 14.8. The summed E-state index contributed by atoms with van der Waals surface area (Å²) >= 11 is 1.52. The average Bonchev–Trinajstić information content (AvgIpc) is 3.26. The summed E-state index contributed by atoms with van der Waals surface area (Å²) in [6.07, 6.45) is 0.980. The molecule has 0 saturated carbocycles. The Morgan fingerprint density at radius 1 is 1.03 bits per heavy atom. The minimum atomic E-state index is -0.103. The lowest BCUT2D eigenvalue weighted by molar-refractivity contribution is 0.101. The second-order valence-corrected chi connectivity index (χ2v) is 9.30. The van der Waals surface area contributed by atoms with Crippen molar-refractivity contribution in [2.24, 2.45) is 0 Å². The molecule has 1 amide bonds. The Balaban J connectivity index is 1.70. The molecule has 0 fully saturated rings. The predicted octanol–water partition coefficient (Wildman–Crippen LogP) is 6.83. The van der Waals surface area contributed by atoms with Gasteiger partial charge in [0, 0.05) is 27.9 Å². The van der Waals surface area contributed by atoms with Crippen molar-refractivity contribution in [2.45, 2.75) is 54.5 Å². The van der Waals surface area contributed by atoms with Crippen LogP contribution in [0.15, 0.2) is 36.4 Å². The number of hydrogen-bond acceptors (Lipinski definition) is 3. The first-order valence-corrected chi connectivity index (χ1v) is 11.6. The molecule has 2 heterocycles. The Bertz CT molecular complexity index is 1300. The number of carbonyl (C=O) groups is 1. The lowest BCUT2D eigenvalue weighted by atomic mass is 10.0. The summed E-state index contributed by atoms with van der Waals surface area (Å²) in [5.74, 6) is -0.103. The number of rotatable bonds is 5. The molecule has 0 bridgehead atoms. The standard InChI is InChI=1S/C26H29N3OS/c1-7-19-10-12-22-21(14-19)17(5)24(29(22)8-2)25(30)28-26-27-23(18(6)31-26)20-11-9-15(3)16(4)13-20/h9-14H,7-8H2,1-6H3,(H,27,28,30). The highest BCUT2D eigenvalue weighted by Crippen LogP contribution is 2.33. The molecule has 0 saturated heterocycles. The summed E-state index contributed by atoms with van der Waals surface area (Å²) in [6.45, 7) is 13.3. The molecule has 4 aromatic rings. The van der Waals surface area contributed by atoms with Gasteiger partial charge in [0.1, 0.15) is 5.69 Å². The smallest absolute Gasteiger partial charge is 0.274 e. The highest BCUT2D eigenvalue weighted by atomic mass is 32.1. The molecule has 4 nitrogen and oxygen atoms in total. The number of fused-ring (bicyclic) bond motifs is 1. The van der Waals surface area contributed by atoms with Gasteiger partial charge in [-0.05, 0) is 81.5 Å². The minimum absolute atomic E-state index is 0.103. The van der Waals surface area contributed by atoms with Crippen molar-refractivity contribution in [1.82, 2.24) is 9.55 Å². The summed E-state index contributed by atoms with van der Waals surface area (Å²) in [4.78, 5) is 19.2. The third-order valence-electron chi connectivity index (χ3n) is 6.12. The Hall–Kier alpha value is -2.92. The van der Waals surface area contributed by atoms with Crippen LogP contribution in [-0.4, -0.2) is 15.5 Å². The summed E-state index contributed by atoms with van der Waals surface area (Å²) in [6, 6.07) is 12.9. The second kappa shape index (κ2) is 8.31. The number of carbonyl (C=O) groups excluding carboxylic acids is 1. The van der Waals surface area contributed by atoms with Crippen molar-refractivity contribution in [3.8, 4) is 11.3 Å². The van der Waals surface area contributed by atoms with Crippen LogP contribution < -0.4 is 5.32 Å². The lowest BCUT2D eigenvalue weighted by Gasteiger charge is -2.08. The molecule has 0 atom stereocenters. The van der Waals surface area contributed by atoms with E-state index in [1.54, 1.807) is 0 Å². The molecule has 0 radical (unpaired) electrons. The van der Waals surface area contributed by atoms with Crippen LogP contribution in [0.3, 0.4) is 0 Å². The van der Waals surface area contributed by atoms with Crippen molar-refractivity contribution < 1.29 is 4.79 Å². The number of thiazole rings is 1. The molecule has 5 heteroatoms. The van der Waals surface area contributed by atoms with E-state index in [9.17, 15) is 4.79 Å². The van der Waals surface area contributed by atoms with Gasteiger partial charge >= 0.3 is 0 Å². The van der Waals surface area contributed by atoms with Gasteiger partial charge in [-0.3, -0.25) is 10.1 Å². The SMILES string of the molecule is CCc1ccc2c(c1)c(C)c(C(=O)Nc1nc(-c3ccc(C)c(C)c3)c(C)s1)n2CC. The first-order valence-electron chi connectivity index (χ1n) is 10.8. The van der Waals surface area contributed by atoms with Gasteiger partial charge in [-0.15, -0.1) is 11.3 Å². The van der Waals surface area contributed by atoms with E-state index < -0.39 is 0 Å². The number of aromatic nitrogens is 2. The maximum atomic E-state index is 13.3. The summed E-state index contributed by atoms with van der Waals surface area (Å²) in [5, 5.41) is 4.85. The molecule has 0 aliphatic carbocycles. The molecule has 0 spiro atoms. The molecule has 2 aromatic carbocycles. The largest absolute Gasteiger partial charge is 0.337 e. The van der Waals surface area contributed by atoms with Gasteiger partial charge in [0.05, 0.1) is 5.69 Å². The maximum Gasteiger partial charge on any atom is 0.274 e. The molecule has 4 rings (SSSR count). The number of hydrogen-bond donors (Lipinski definition) is 1. The van der Waals surface area contributed by atoms with E-state index in [-0.39, 0.29) is 5.91 Å². The van der Waals surface area contributed by atoms with Crippen LogP contribution >= 0.6 is 11.3 Å². The van der Waals surface area contributed by atoms with E-state index in [0.29, 0.717) is 10.8 Å². The molecule has 31 heavy (non-hydrogen) atoms. The minimum Gasteiger partial charge on any atom is -0.337 e. The zero-order valence-electron chi connectivity index (χ0n) is 19.1. The fraction of sp³-hybridized carbons (Fsp3) is 0.308. The summed E-state index contributed by atoms with van der Waals surface area (Å²) in [7, 11) is 0. The molecule has 160 valence electrons. The quantitative estimate of drug-likeness (QED) is 0.376. The Morgan fingerprint density at radius 3 is 2.48 bits per heavy atom. The van der Waals surface area contributed by atoms with E-state index >= 15 is 0 Å². The van der Waals surface area contributed by atoms with Gasteiger partial charge in [-0.1, -0.05) is 25.1 Å². The van der Waals surface area contributed by atoms with Crippen LogP contribution in [0.1, 0.15) is 51.5 Å². The lowest BCUT2D eigenvalue weighted by Crippen LogP contribution is -2.17. The number of anilines is 1. The zero-order valence-corrected chi connectivity index (χ0v) is 19.9. The van der Waals surface area contributed by atoms with Gasteiger partial charge in [-0.25, -0.2) is 4.98 Å². The van der Waals surface area contributed by atoms with Crippen LogP contribution in [0.25, 0.3) is 22.2 Å². The van der Waals surface area contributed by atoms with E-state index in [0.717, 1.165) is 45.6 Å². The third kappa shape index (κ3) is 3.79. The normalized spacial score (nSPS) is 11.3. The van der Waals surface area contributed by atoms with Crippen molar-refractivity contribution in [3.05, 3.63) is 69.2 Å². The summed E-state index contributed by atoms with van der Waals surface area (Å²) in [5.41, 5.74) is 8.65. The highest BCUT2D eigenvalue weighted by molar-refractivity contribution is 7.16. The molecule has 0 aliphatic rings. The second-order valence-electron chi connectivity index (χ2n) is 8.10.